The second kappa shape index (κ2) is 10.0. The van der Waals surface area contributed by atoms with E-state index in [0.29, 0.717) is 12.0 Å². The Morgan fingerprint density at radius 1 is 1.03 bits per heavy atom. The molecule has 0 aliphatic heterocycles. The Labute approximate surface area is 178 Å². The maximum atomic E-state index is 14.2. The van der Waals surface area contributed by atoms with Crippen molar-refractivity contribution in [3.63, 3.8) is 0 Å². The third-order valence-electron chi connectivity index (χ3n) is 4.77. The van der Waals surface area contributed by atoms with Crippen molar-refractivity contribution < 1.29 is 19.0 Å². The molecule has 2 rings (SSSR count). The van der Waals surface area contributed by atoms with Gasteiger partial charge >= 0.3 is 6.09 Å². The van der Waals surface area contributed by atoms with Crippen molar-refractivity contribution in [2.75, 3.05) is 6.54 Å². The molecule has 0 unspecified atom stereocenters. The Morgan fingerprint density at radius 3 is 2.23 bits per heavy atom. The maximum Gasteiger partial charge on any atom is 0.407 e. The Balaban J connectivity index is 2.10. The number of carbonyl (C=O) groups excluding carboxylic acids is 1. The molecule has 0 aromatic heterocycles. The first kappa shape index (κ1) is 23.8. The number of nitrogens with one attached hydrogen (secondary N) is 2. The summed E-state index contributed by atoms with van der Waals surface area (Å²) in [5.74, 6) is -0.308. The lowest BCUT2D eigenvalue weighted by molar-refractivity contribution is 0.0415. The van der Waals surface area contributed by atoms with Crippen molar-refractivity contribution in [2.45, 2.75) is 64.3 Å². The first-order valence-electron chi connectivity index (χ1n) is 10.2. The highest BCUT2D eigenvalue weighted by atomic mass is 19.1. The van der Waals surface area contributed by atoms with Crippen molar-refractivity contribution in [1.29, 1.82) is 0 Å². The monoisotopic (exact) mass is 416 g/mol. The summed E-state index contributed by atoms with van der Waals surface area (Å²) in [6.45, 7) is 9.22. The number of benzene rings is 2. The van der Waals surface area contributed by atoms with Crippen LogP contribution in [0.4, 0.5) is 9.18 Å². The fourth-order valence-electron chi connectivity index (χ4n) is 3.18. The van der Waals surface area contributed by atoms with Gasteiger partial charge in [-0.1, -0.05) is 48.5 Å². The minimum atomic E-state index is -0.913. The van der Waals surface area contributed by atoms with Gasteiger partial charge in [0.05, 0.1) is 12.1 Å². The molecular formula is C24H33FN2O3. The average molecular weight is 417 g/mol. The minimum Gasteiger partial charge on any atom is -0.444 e. The Morgan fingerprint density at radius 2 is 1.63 bits per heavy atom. The van der Waals surface area contributed by atoms with Crippen LogP contribution in [-0.4, -0.2) is 35.5 Å². The fourth-order valence-corrected chi connectivity index (χ4v) is 3.18. The van der Waals surface area contributed by atoms with Gasteiger partial charge in [-0.2, -0.15) is 0 Å². The van der Waals surface area contributed by atoms with Crippen LogP contribution >= 0.6 is 0 Å². The van der Waals surface area contributed by atoms with E-state index in [4.69, 9.17) is 4.74 Å². The van der Waals surface area contributed by atoms with E-state index in [1.165, 1.54) is 6.07 Å². The molecule has 164 valence electrons. The van der Waals surface area contributed by atoms with Crippen molar-refractivity contribution in [3.8, 4) is 0 Å². The SMILES string of the molecule is CC(C)(C)OC(=O)N[C@@H](Cc1ccccc1)[C@H](O)CNC(C)(C)c1ccccc1F. The first-order chi connectivity index (χ1) is 14.0. The van der Waals surface area contributed by atoms with Crippen LogP contribution in [0.2, 0.25) is 0 Å². The number of aliphatic hydroxyl groups excluding tert-OH is 1. The van der Waals surface area contributed by atoms with Crippen LogP contribution < -0.4 is 10.6 Å². The lowest BCUT2D eigenvalue weighted by Crippen LogP contribution is -2.52. The molecule has 3 N–H and O–H groups in total. The topological polar surface area (TPSA) is 70.6 Å². The Kier molecular flexibility index (Phi) is 7.98. The van der Waals surface area contributed by atoms with Gasteiger partial charge in [0.25, 0.3) is 0 Å². The third kappa shape index (κ3) is 7.43. The molecule has 30 heavy (non-hydrogen) atoms. The number of amides is 1. The number of hydrogen-bond acceptors (Lipinski definition) is 4. The molecule has 1 amide bonds. The molecular weight excluding hydrogens is 383 g/mol. The first-order valence-corrected chi connectivity index (χ1v) is 10.2. The van der Waals surface area contributed by atoms with E-state index in [9.17, 15) is 14.3 Å². The molecule has 5 nitrogen and oxygen atoms in total. The molecule has 0 radical (unpaired) electrons. The summed E-state index contributed by atoms with van der Waals surface area (Å²) < 4.78 is 19.6. The summed E-state index contributed by atoms with van der Waals surface area (Å²) in [7, 11) is 0. The van der Waals surface area contributed by atoms with Crippen LogP contribution in [0.3, 0.4) is 0 Å². The molecule has 0 saturated carbocycles. The normalized spacial score (nSPS) is 14.1. The van der Waals surface area contributed by atoms with Crippen molar-refractivity contribution in [1.82, 2.24) is 10.6 Å². The molecule has 6 heteroatoms. The Bertz CT molecular complexity index is 819. The van der Waals surface area contributed by atoms with Crippen molar-refractivity contribution in [3.05, 3.63) is 71.5 Å². The molecule has 0 heterocycles. The van der Waals surface area contributed by atoms with Gasteiger partial charge < -0.3 is 20.5 Å². The fraction of sp³-hybridized carbons (Fsp3) is 0.458. The molecule has 0 aliphatic rings. The van der Waals surface area contributed by atoms with Crippen LogP contribution in [0.25, 0.3) is 0 Å². The second-order valence-corrected chi connectivity index (χ2v) is 9.00. The molecule has 0 saturated heterocycles. The molecule has 0 spiro atoms. The standard InChI is InChI=1S/C24H33FN2O3/c1-23(2,3)30-22(29)27-20(15-17-11-7-6-8-12-17)21(28)16-26-24(4,5)18-13-9-10-14-19(18)25/h6-14,20-21,26,28H,15-16H2,1-5H3,(H,27,29)/t20-,21+/m0/s1. The lowest BCUT2D eigenvalue weighted by Gasteiger charge is -2.32. The number of ether oxygens (including phenoxy) is 1. The van der Waals surface area contributed by atoms with Gasteiger partial charge in [-0.05, 0) is 52.7 Å². The molecule has 0 fully saturated rings. The van der Waals surface area contributed by atoms with Crippen LogP contribution in [-0.2, 0) is 16.7 Å². The van der Waals surface area contributed by atoms with Gasteiger partial charge in [0.2, 0.25) is 0 Å². The van der Waals surface area contributed by atoms with Crippen LogP contribution in [0, 0.1) is 5.82 Å². The lowest BCUT2D eigenvalue weighted by atomic mass is 9.93. The number of halogens is 1. The summed E-state index contributed by atoms with van der Waals surface area (Å²) in [4.78, 5) is 12.3. The molecule has 2 atom stereocenters. The molecule has 2 aromatic carbocycles. The molecule has 0 aliphatic carbocycles. The zero-order chi connectivity index (χ0) is 22.4. The maximum absolute atomic E-state index is 14.2. The van der Waals surface area contributed by atoms with Gasteiger partial charge in [-0.3, -0.25) is 0 Å². The predicted octanol–water partition coefficient (Wildman–Crippen LogP) is 4.15. The molecule has 2 aromatic rings. The largest absolute Gasteiger partial charge is 0.444 e. The Hall–Kier alpha value is -2.44. The number of hydrogen-bond donors (Lipinski definition) is 3. The highest BCUT2D eigenvalue weighted by molar-refractivity contribution is 5.68. The van der Waals surface area contributed by atoms with Gasteiger partial charge in [-0.25, -0.2) is 9.18 Å². The van der Waals surface area contributed by atoms with Crippen molar-refractivity contribution in [2.24, 2.45) is 0 Å². The quantitative estimate of drug-likeness (QED) is 0.605. The van der Waals surface area contributed by atoms with Crippen LogP contribution in [0.5, 0.6) is 0 Å². The summed E-state index contributed by atoms with van der Waals surface area (Å²) in [5, 5.41) is 16.9. The van der Waals surface area contributed by atoms with E-state index in [0.717, 1.165) is 5.56 Å². The van der Waals surface area contributed by atoms with Crippen LogP contribution in [0.15, 0.2) is 54.6 Å². The summed E-state index contributed by atoms with van der Waals surface area (Å²) >= 11 is 0. The smallest absolute Gasteiger partial charge is 0.407 e. The summed E-state index contributed by atoms with van der Waals surface area (Å²) in [5.41, 5.74) is 0.148. The predicted molar refractivity (Wildman–Crippen MR) is 117 cm³/mol. The zero-order valence-corrected chi connectivity index (χ0v) is 18.4. The number of carbonyl (C=O) groups is 1. The third-order valence-corrected chi connectivity index (χ3v) is 4.77. The van der Waals surface area contributed by atoms with Gasteiger partial charge in [0.1, 0.15) is 11.4 Å². The van der Waals surface area contributed by atoms with Crippen LogP contribution in [0.1, 0.15) is 45.7 Å². The number of alkyl carbamates (subject to hydrolysis) is 1. The zero-order valence-electron chi connectivity index (χ0n) is 18.4. The van der Waals surface area contributed by atoms with Crippen molar-refractivity contribution >= 4 is 6.09 Å². The number of aliphatic hydroxyl groups is 1. The van der Waals surface area contributed by atoms with E-state index in [1.807, 2.05) is 44.2 Å². The van der Waals surface area contributed by atoms with Gasteiger partial charge in [-0.15, -0.1) is 0 Å². The van der Waals surface area contributed by atoms with Gasteiger partial charge in [0.15, 0.2) is 0 Å². The highest BCUT2D eigenvalue weighted by Crippen LogP contribution is 2.23. The van der Waals surface area contributed by atoms with E-state index >= 15 is 0 Å². The van der Waals surface area contributed by atoms with Gasteiger partial charge in [0, 0.05) is 17.6 Å². The molecule has 0 bridgehead atoms. The second-order valence-electron chi connectivity index (χ2n) is 9.00. The average Bonchev–Trinajstić information content (AvgIpc) is 2.65. The number of rotatable bonds is 8. The van der Waals surface area contributed by atoms with E-state index in [-0.39, 0.29) is 12.4 Å². The summed E-state index contributed by atoms with van der Waals surface area (Å²) in [6, 6.07) is 15.6. The van der Waals surface area contributed by atoms with E-state index in [2.05, 4.69) is 10.6 Å². The summed E-state index contributed by atoms with van der Waals surface area (Å²) in [6.07, 6.45) is -1.07. The minimum absolute atomic E-state index is 0.161. The van der Waals surface area contributed by atoms with E-state index < -0.39 is 29.4 Å². The highest BCUT2D eigenvalue weighted by Gasteiger charge is 2.28. The van der Waals surface area contributed by atoms with E-state index in [1.54, 1.807) is 39.0 Å².